The highest BCUT2D eigenvalue weighted by atomic mass is 19.4. The Bertz CT molecular complexity index is 1160. The van der Waals surface area contributed by atoms with E-state index in [1.54, 1.807) is 4.90 Å². The molecule has 0 radical (unpaired) electrons. The average molecular weight is 522 g/mol. The first-order valence-electron chi connectivity index (χ1n) is 12.7. The molecule has 1 aromatic carbocycles. The van der Waals surface area contributed by atoms with Gasteiger partial charge in [0.15, 0.2) is 0 Å². The van der Waals surface area contributed by atoms with Gasteiger partial charge in [-0.2, -0.15) is 13.2 Å². The van der Waals surface area contributed by atoms with E-state index in [1.165, 1.54) is 6.33 Å². The van der Waals surface area contributed by atoms with Gasteiger partial charge in [0, 0.05) is 49.9 Å². The van der Waals surface area contributed by atoms with E-state index in [0.29, 0.717) is 50.4 Å². The van der Waals surface area contributed by atoms with Crippen LogP contribution in [0.5, 0.6) is 0 Å². The van der Waals surface area contributed by atoms with Gasteiger partial charge in [-0.25, -0.2) is 14.4 Å². The lowest BCUT2D eigenvalue weighted by Gasteiger charge is -2.38. The Kier molecular flexibility index (Phi) is 6.86. The lowest BCUT2D eigenvalue weighted by Crippen LogP contribution is -2.51. The van der Waals surface area contributed by atoms with E-state index in [9.17, 15) is 27.5 Å². The van der Waals surface area contributed by atoms with Crippen molar-refractivity contribution in [2.45, 2.75) is 56.3 Å². The maximum absolute atomic E-state index is 15.0. The van der Waals surface area contributed by atoms with E-state index in [4.69, 9.17) is 0 Å². The number of fused-ring (bicyclic) bond motifs is 1. The summed E-state index contributed by atoms with van der Waals surface area (Å²) in [5.74, 6) is -1.33. The van der Waals surface area contributed by atoms with Crippen LogP contribution in [0, 0.1) is 5.82 Å². The number of halogens is 4. The Morgan fingerprint density at radius 3 is 2.51 bits per heavy atom. The number of hydrogen-bond donors (Lipinski definition) is 1. The molecule has 1 N–H and O–H groups in total. The van der Waals surface area contributed by atoms with E-state index < -0.39 is 29.6 Å². The number of piperazine rings is 1. The summed E-state index contributed by atoms with van der Waals surface area (Å²) in [5, 5.41) is 10.3. The van der Waals surface area contributed by atoms with Gasteiger partial charge in [0.1, 0.15) is 18.0 Å². The molecule has 2 aliphatic carbocycles. The average Bonchev–Trinajstić information content (AvgIpc) is 3.67. The summed E-state index contributed by atoms with van der Waals surface area (Å²) in [6.45, 7) is 4.01. The number of amides is 1. The number of aliphatic hydroxyl groups excluding tert-OH is 1. The fraction of sp³-hybridized carbons (Fsp3) is 0.577. The summed E-state index contributed by atoms with van der Waals surface area (Å²) in [6, 6.07) is 2.74. The van der Waals surface area contributed by atoms with Crippen LogP contribution in [-0.4, -0.2) is 76.6 Å². The van der Waals surface area contributed by atoms with Gasteiger partial charge in [0.25, 0.3) is 0 Å². The quantitative estimate of drug-likeness (QED) is 0.585. The molecular formula is C26H31F4N5O2. The standard InChI is InChI=1S/C26H31F4N5O2/c1-15-11-21(36)23-22(15)24(32-14-31-23)34-7-9-35(10-8-34)25(37)19(13-33(2)17-4-5-17)18-6-3-16(12-20(18)27)26(28,29)30/h3,6,12,14-15,17,19,21,36H,4-5,7-11,13H2,1-2H3/t15-,19-,21-/m1/s1. The van der Waals surface area contributed by atoms with Crippen LogP contribution in [0.15, 0.2) is 24.5 Å². The number of likely N-dealkylation sites (N-methyl/N-ethyl adjacent to an activating group) is 1. The molecule has 0 spiro atoms. The number of nitrogens with zero attached hydrogens (tertiary/aromatic N) is 5. The molecule has 2 heterocycles. The molecule has 11 heteroatoms. The molecule has 5 rings (SSSR count). The van der Waals surface area contributed by atoms with Gasteiger partial charge >= 0.3 is 6.18 Å². The number of carbonyl (C=O) groups excluding carboxylic acids is 1. The Morgan fingerprint density at radius 1 is 1.19 bits per heavy atom. The van der Waals surface area contributed by atoms with Gasteiger partial charge < -0.3 is 19.8 Å². The van der Waals surface area contributed by atoms with Gasteiger partial charge in [-0.3, -0.25) is 4.79 Å². The van der Waals surface area contributed by atoms with Crippen molar-refractivity contribution in [3.8, 4) is 0 Å². The first kappa shape index (κ1) is 25.8. The van der Waals surface area contributed by atoms with Crippen LogP contribution in [0.1, 0.15) is 66.5 Å². The molecule has 37 heavy (non-hydrogen) atoms. The molecule has 7 nitrogen and oxygen atoms in total. The van der Waals surface area contributed by atoms with Gasteiger partial charge in [-0.1, -0.05) is 13.0 Å². The molecule has 2 fully saturated rings. The van der Waals surface area contributed by atoms with Crippen LogP contribution < -0.4 is 4.90 Å². The Hall–Kier alpha value is -2.79. The first-order valence-corrected chi connectivity index (χ1v) is 12.7. The van der Waals surface area contributed by atoms with Crippen LogP contribution in [0.2, 0.25) is 0 Å². The lowest BCUT2D eigenvalue weighted by molar-refractivity contribution is -0.137. The third-order valence-corrected chi connectivity index (χ3v) is 7.81. The third-order valence-electron chi connectivity index (χ3n) is 7.81. The molecule has 0 unspecified atom stereocenters. The van der Waals surface area contributed by atoms with Gasteiger partial charge in [0.2, 0.25) is 5.91 Å². The number of rotatable bonds is 6. The molecule has 3 aliphatic rings. The minimum Gasteiger partial charge on any atom is -0.387 e. The van der Waals surface area contributed by atoms with Crippen molar-refractivity contribution >= 4 is 11.7 Å². The maximum Gasteiger partial charge on any atom is 0.416 e. The van der Waals surface area contributed by atoms with Crippen LogP contribution in [-0.2, 0) is 11.0 Å². The highest BCUT2D eigenvalue weighted by Crippen LogP contribution is 2.43. The second kappa shape index (κ2) is 9.83. The summed E-state index contributed by atoms with van der Waals surface area (Å²) >= 11 is 0. The summed E-state index contributed by atoms with van der Waals surface area (Å²) in [7, 11) is 1.86. The summed E-state index contributed by atoms with van der Waals surface area (Å²) < 4.78 is 54.3. The van der Waals surface area contributed by atoms with E-state index in [-0.39, 0.29) is 23.9 Å². The summed E-state index contributed by atoms with van der Waals surface area (Å²) in [6.07, 6.45) is -1.26. The van der Waals surface area contributed by atoms with Crippen molar-refractivity contribution in [2.24, 2.45) is 0 Å². The van der Waals surface area contributed by atoms with Crippen molar-refractivity contribution in [2.75, 3.05) is 44.7 Å². The minimum atomic E-state index is -4.66. The number of aliphatic hydroxyl groups is 1. The minimum absolute atomic E-state index is 0.00985. The molecule has 3 atom stereocenters. The highest BCUT2D eigenvalue weighted by Gasteiger charge is 2.38. The summed E-state index contributed by atoms with van der Waals surface area (Å²) in [5.41, 5.74) is 0.507. The second-order valence-electron chi connectivity index (χ2n) is 10.4. The van der Waals surface area contributed by atoms with Crippen LogP contribution in [0.4, 0.5) is 23.4 Å². The van der Waals surface area contributed by atoms with E-state index in [2.05, 4.69) is 14.9 Å². The SMILES string of the molecule is C[C@@H]1C[C@@H](O)c2ncnc(N3CCN(C(=O)[C@H](CN(C)C4CC4)c4ccc(C(F)(F)F)cc4F)CC3)c21. The van der Waals surface area contributed by atoms with Crippen molar-refractivity contribution in [1.29, 1.82) is 0 Å². The van der Waals surface area contributed by atoms with Crippen molar-refractivity contribution in [3.05, 3.63) is 52.7 Å². The van der Waals surface area contributed by atoms with Crippen molar-refractivity contribution in [3.63, 3.8) is 0 Å². The molecule has 2 aromatic rings. The normalized spacial score (nSPS) is 22.9. The number of anilines is 1. The van der Waals surface area contributed by atoms with Gasteiger partial charge in [-0.05, 0) is 44.4 Å². The molecule has 200 valence electrons. The lowest BCUT2D eigenvalue weighted by atomic mass is 9.94. The monoisotopic (exact) mass is 521 g/mol. The third kappa shape index (κ3) is 5.16. The highest BCUT2D eigenvalue weighted by molar-refractivity contribution is 5.84. The fourth-order valence-electron chi connectivity index (χ4n) is 5.56. The Balaban J connectivity index is 1.34. The number of benzene rings is 1. The summed E-state index contributed by atoms with van der Waals surface area (Å²) in [4.78, 5) is 28.1. The number of aromatic nitrogens is 2. The predicted octanol–water partition coefficient (Wildman–Crippen LogP) is 3.70. The molecule has 1 amide bonds. The van der Waals surface area contributed by atoms with Crippen LogP contribution in [0.3, 0.4) is 0 Å². The molecule has 1 saturated carbocycles. The predicted molar refractivity (Wildman–Crippen MR) is 129 cm³/mol. The van der Waals surface area contributed by atoms with Gasteiger partial charge in [-0.15, -0.1) is 0 Å². The molecule has 1 aromatic heterocycles. The van der Waals surface area contributed by atoms with E-state index in [0.717, 1.165) is 36.4 Å². The number of alkyl halides is 3. The number of carbonyl (C=O) groups is 1. The van der Waals surface area contributed by atoms with E-state index in [1.807, 2.05) is 18.9 Å². The second-order valence-corrected chi connectivity index (χ2v) is 10.4. The van der Waals surface area contributed by atoms with E-state index >= 15 is 0 Å². The molecular weight excluding hydrogens is 490 g/mol. The fourth-order valence-corrected chi connectivity index (χ4v) is 5.56. The Labute approximate surface area is 213 Å². The molecule has 0 bridgehead atoms. The Morgan fingerprint density at radius 2 is 1.89 bits per heavy atom. The molecule has 1 saturated heterocycles. The molecule has 1 aliphatic heterocycles. The largest absolute Gasteiger partial charge is 0.416 e. The van der Waals surface area contributed by atoms with Crippen LogP contribution >= 0.6 is 0 Å². The van der Waals surface area contributed by atoms with Crippen molar-refractivity contribution < 1.29 is 27.5 Å². The zero-order valence-electron chi connectivity index (χ0n) is 20.9. The van der Waals surface area contributed by atoms with Crippen LogP contribution in [0.25, 0.3) is 0 Å². The zero-order chi connectivity index (χ0) is 26.5. The zero-order valence-corrected chi connectivity index (χ0v) is 20.9. The van der Waals surface area contributed by atoms with Crippen molar-refractivity contribution in [1.82, 2.24) is 19.8 Å². The smallest absolute Gasteiger partial charge is 0.387 e. The maximum atomic E-state index is 15.0. The van der Waals surface area contributed by atoms with Gasteiger partial charge in [0.05, 0.1) is 23.3 Å². The topological polar surface area (TPSA) is 72.8 Å². The number of hydrogen-bond acceptors (Lipinski definition) is 6. The first-order chi connectivity index (χ1) is 17.5.